The van der Waals surface area contributed by atoms with Crippen LogP contribution in [0.1, 0.15) is 32.3 Å². The lowest BCUT2D eigenvalue weighted by Gasteiger charge is -2.40. The van der Waals surface area contributed by atoms with Crippen molar-refractivity contribution in [3.05, 3.63) is 88.9 Å². The number of carbonyl (C=O) groups is 1. The topological polar surface area (TPSA) is 91.6 Å². The standard InChI is InChI=1S/C30H29F2N5O3/c1-5-25(39)35-13-14-36(18(4)16-35)28-20-15-22(32)27(26-21(31)10-8-12-24(26)38)33-29(20)37(30(40)34-28)23-11-7-6-9-19(23)17(2)3/h5-12,15,17-18,38H,1,13-14,16H2,2-4H3/t18-/m0/s1. The summed E-state index contributed by atoms with van der Waals surface area (Å²) in [6.07, 6.45) is 1.25. The summed E-state index contributed by atoms with van der Waals surface area (Å²) in [7, 11) is 0. The van der Waals surface area contributed by atoms with Crippen LogP contribution in [0.4, 0.5) is 14.6 Å². The number of nitrogens with zero attached hydrogens (tertiary/aromatic N) is 5. The fourth-order valence-corrected chi connectivity index (χ4v) is 5.25. The molecule has 10 heteroatoms. The molecule has 0 unspecified atom stereocenters. The molecule has 2 aromatic carbocycles. The minimum Gasteiger partial charge on any atom is -0.507 e. The van der Waals surface area contributed by atoms with Crippen molar-refractivity contribution in [2.24, 2.45) is 0 Å². The fourth-order valence-electron chi connectivity index (χ4n) is 5.25. The number of piperazine rings is 1. The molecule has 40 heavy (non-hydrogen) atoms. The number of amides is 1. The number of rotatable bonds is 5. The van der Waals surface area contributed by atoms with Crippen LogP contribution < -0.4 is 10.6 Å². The molecule has 0 bridgehead atoms. The number of para-hydroxylation sites is 1. The first-order valence-electron chi connectivity index (χ1n) is 13.0. The normalized spacial score (nSPS) is 15.6. The number of pyridine rings is 1. The van der Waals surface area contributed by atoms with Crippen molar-refractivity contribution >= 4 is 22.8 Å². The van der Waals surface area contributed by atoms with Gasteiger partial charge in [-0.15, -0.1) is 0 Å². The molecule has 1 saturated heterocycles. The number of benzene rings is 2. The van der Waals surface area contributed by atoms with Gasteiger partial charge in [0.1, 0.15) is 23.1 Å². The monoisotopic (exact) mass is 545 g/mol. The first kappa shape index (κ1) is 27.0. The Kier molecular flexibility index (Phi) is 7.10. The minimum absolute atomic E-state index is 0.0313. The molecular formula is C30H29F2N5O3. The molecule has 2 aromatic heterocycles. The molecule has 0 spiro atoms. The summed E-state index contributed by atoms with van der Waals surface area (Å²) < 4.78 is 31.9. The molecule has 1 amide bonds. The fraction of sp³-hybridized carbons (Fsp3) is 0.267. The van der Waals surface area contributed by atoms with E-state index < -0.39 is 34.3 Å². The van der Waals surface area contributed by atoms with Gasteiger partial charge >= 0.3 is 5.69 Å². The molecule has 0 saturated carbocycles. The average molecular weight is 546 g/mol. The molecule has 5 rings (SSSR count). The highest BCUT2D eigenvalue weighted by Gasteiger charge is 2.30. The van der Waals surface area contributed by atoms with Gasteiger partial charge in [0.05, 0.1) is 16.6 Å². The zero-order valence-corrected chi connectivity index (χ0v) is 22.4. The van der Waals surface area contributed by atoms with Crippen LogP contribution in [0.2, 0.25) is 0 Å². The maximum absolute atomic E-state index is 15.7. The number of aromatic hydroxyl groups is 1. The van der Waals surface area contributed by atoms with Gasteiger partial charge in [0, 0.05) is 25.7 Å². The number of hydrogen-bond donors (Lipinski definition) is 1. The summed E-state index contributed by atoms with van der Waals surface area (Å²) in [4.78, 5) is 38.3. The average Bonchev–Trinajstić information content (AvgIpc) is 2.92. The van der Waals surface area contributed by atoms with Gasteiger partial charge in [0.2, 0.25) is 5.91 Å². The van der Waals surface area contributed by atoms with Crippen molar-refractivity contribution in [1.82, 2.24) is 19.4 Å². The van der Waals surface area contributed by atoms with Crippen LogP contribution in [-0.2, 0) is 4.79 Å². The van der Waals surface area contributed by atoms with Crippen LogP contribution in [-0.4, -0.2) is 56.1 Å². The minimum atomic E-state index is -0.883. The molecule has 1 aliphatic heterocycles. The highest BCUT2D eigenvalue weighted by molar-refractivity contribution is 5.91. The van der Waals surface area contributed by atoms with Crippen molar-refractivity contribution in [2.75, 3.05) is 24.5 Å². The van der Waals surface area contributed by atoms with E-state index in [0.717, 1.165) is 11.6 Å². The molecule has 0 radical (unpaired) electrons. The molecule has 8 nitrogen and oxygen atoms in total. The molecule has 1 N–H and O–H groups in total. The lowest BCUT2D eigenvalue weighted by molar-refractivity contribution is -0.126. The Labute approximate surface area is 229 Å². The number of phenolic OH excluding ortho intramolecular Hbond substituents is 1. The SMILES string of the molecule is C=CC(=O)N1CCN(c2nc(=O)n(-c3ccccc3C(C)C)c3nc(-c4c(O)cccc4F)c(F)cc23)[C@@H](C)C1. The highest BCUT2D eigenvalue weighted by Crippen LogP contribution is 2.36. The van der Waals surface area contributed by atoms with E-state index in [2.05, 4.69) is 16.5 Å². The van der Waals surface area contributed by atoms with Crippen LogP contribution in [0.5, 0.6) is 5.75 Å². The second-order valence-corrected chi connectivity index (χ2v) is 10.1. The Morgan fingerprint density at radius 3 is 2.52 bits per heavy atom. The predicted octanol–water partition coefficient (Wildman–Crippen LogP) is 4.78. The number of hydrogen-bond acceptors (Lipinski definition) is 6. The molecule has 3 heterocycles. The zero-order valence-electron chi connectivity index (χ0n) is 22.4. The van der Waals surface area contributed by atoms with Gasteiger partial charge in [-0.1, -0.05) is 44.7 Å². The molecular weight excluding hydrogens is 516 g/mol. The van der Waals surface area contributed by atoms with E-state index in [1.165, 1.54) is 28.8 Å². The molecule has 1 aliphatic rings. The zero-order chi connectivity index (χ0) is 28.7. The summed E-state index contributed by atoms with van der Waals surface area (Å²) in [5, 5.41) is 10.6. The van der Waals surface area contributed by atoms with Gasteiger partial charge in [-0.05, 0) is 48.7 Å². The van der Waals surface area contributed by atoms with E-state index in [9.17, 15) is 19.1 Å². The number of aromatic nitrogens is 3. The molecule has 1 fully saturated rings. The summed E-state index contributed by atoms with van der Waals surface area (Å²) in [6.45, 7) is 10.4. The van der Waals surface area contributed by atoms with E-state index in [4.69, 9.17) is 0 Å². The number of fused-ring (bicyclic) bond motifs is 1. The maximum Gasteiger partial charge on any atom is 0.355 e. The van der Waals surface area contributed by atoms with Crippen LogP contribution in [0.15, 0.2) is 66.0 Å². The van der Waals surface area contributed by atoms with E-state index >= 15 is 4.39 Å². The van der Waals surface area contributed by atoms with Crippen molar-refractivity contribution in [1.29, 1.82) is 0 Å². The van der Waals surface area contributed by atoms with Crippen molar-refractivity contribution in [3.8, 4) is 22.7 Å². The number of anilines is 1. The third-order valence-electron chi connectivity index (χ3n) is 7.22. The van der Waals surface area contributed by atoms with Crippen molar-refractivity contribution < 1.29 is 18.7 Å². The highest BCUT2D eigenvalue weighted by atomic mass is 19.1. The second-order valence-electron chi connectivity index (χ2n) is 10.1. The van der Waals surface area contributed by atoms with E-state index in [1.54, 1.807) is 17.0 Å². The van der Waals surface area contributed by atoms with Gasteiger partial charge in [0.25, 0.3) is 0 Å². The molecule has 0 aliphatic carbocycles. The number of phenols is 1. The Morgan fingerprint density at radius 2 is 1.85 bits per heavy atom. The molecule has 4 aromatic rings. The molecule has 206 valence electrons. The maximum atomic E-state index is 15.7. The van der Waals surface area contributed by atoms with Gasteiger partial charge in [0.15, 0.2) is 11.5 Å². The summed E-state index contributed by atoms with van der Waals surface area (Å²) in [6, 6.07) is 11.8. The van der Waals surface area contributed by atoms with Gasteiger partial charge in [-0.25, -0.2) is 23.1 Å². The van der Waals surface area contributed by atoms with Gasteiger partial charge in [-0.2, -0.15) is 4.98 Å². The van der Waals surface area contributed by atoms with Crippen LogP contribution >= 0.6 is 0 Å². The van der Waals surface area contributed by atoms with E-state index in [0.29, 0.717) is 25.3 Å². The lowest BCUT2D eigenvalue weighted by atomic mass is 10.0. The van der Waals surface area contributed by atoms with Gasteiger partial charge < -0.3 is 14.9 Å². The van der Waals surface area contributed by atoms with Crippen LogP contribution in [0.3, 0.4) is 0 Å². The smallest absolute Gasteiger partial charge is 0.355 e. The summed E-state index contributed by atoms with van der Waals surface area (Å²) >= 11 is 0. The van der Waals surface area contributed by atoms with Crippen LogP contribution in [0, 0.1) is 11.6 Å². The van der Waals surface area contributed by atoms with E-state index in [-0.39, 0.29) is 34.7 Å². The Morgan fingerprint density at radius 1 is 1.10 bits per heavy atom. The van der Waals surface area contributed by atoms with Gasteiger partial charge in [-0.3, -0.25) is 4.79 Å². The molecule has 1 atom stereocenters. The quantitative estimate of drug-likeness (QED) is 0.363. The predicted molar refractivity (Wildman–Crippen MR) is 150 cm³/mol. The first-order valence-corrected chi connectivity index (χ1v) is 13.0. The summed E-state index contributed by atoms with van der Waals surface area (Å²) in [5.41, 5.74) is -0.0454. The number of carbonyl (C=O) groups excluding carboxylic acids is 1. The first-order chi connectivity index (χ1) is 19.1. The van der Waals surface area contributed by atoms with Crippen LogP contribution in [0.25, 0.3) is 28.0 Å². The van der Waals surface area contributed by atoms with Crippen molar-refractivity contribution in [3.63, 3.8) is 0 Å². The third-order valence-corrected chi connectivity index (χ3v) is 7.22. The Bertz CT molecular complexity index is 1680. The lowest BCUT2D eigenvalue weighted by Crippen LogP contribution is -2.54. The van der Waals surface area contributed by atoms with E-state index in [1.807, 2.05) is 37.8 Å². The number of halogens is 2. The largest absolute Gasteiger partial charge is 0.507 e. The Balaban J connectivity index is 1.80. The second kappa shape index (κ2) is 10.5. The Hall–Kier alpha value is -4.60. The third kappa shape index (κ3) is 4.59. The van der Waals surface area contributed by atoms with Crippen molar-refractivity contribution in [2.45, 2.75) is 32.7 Å². The summed E-state index contributed by atoms with van der Waals surface area (Å²) in [5.74, 6) is -2.17.